The highest BCUT2D eigenvalue weighted by Gasteiger charge is 2.33. The number of methoxy groups -OCH3 is 2. The minimum Gasteiger partial charge on any atom is -0.469 e. The number of ether oxygens (including phenoxy) is 3. The summed E-state index contributed by atoms with van der Waals surface area (Å²) in [4.78, 5) is 37.6. The number of nitrogens with zero attached hydrogens (tertiary/aromatic N) is 1. The second kappa shape index (κ2) is 8.94. The van der Waals surface area contributed by atoms with Crippen LogP contribution in [-0.4, -0.2) is 43.3 Å². The van der Waals surface area contributed by atoms with Crippen molar-refractivity contribution in [3.8, 4) is 5.69 Å². The molecule has 2 aromatic rings. The van der Waals surface area contributed by atoms with Gasteiger partial charge in [0.15, 0.2) is 0 Å². The predicted octanol–water partition coefficient (Wildman–Crippen LogP) is 3.39. The molecule has 0 atom stereocenters. The van der Waals surface area contributed by atoms with Crippen molar-refractivity contribution >= 4 is 17.9 Å². The molecule has 0 bridgehead atoms. The van der Waals surface area contributed by atoms with Crippen LogP contribution >= 0.6 is 0 Å². The van der Waals surface area contributed by atoms with Crippen molar-refractivity contribution in [3.05, 3.63) is 51.3 Å². The first-order chi connectivity index (χ1) is 13.7. The van der Waals surface area contributed by atoms with Gasteiger partial charge in [-0.1, -0.05) is 17.7 Å². The maximum Gasteiger partial charge on any atom is 0.355 e. The Balaban J connectivity index is 2.97. The number of esters is 3. The molecule has 1 heterocycles. The largest absolute Gasteiger partial charge is 0.469 e. The van der Waals surface area contributed by atoms with E-state index in [1.54, 1.807) is 18.4 Å². The van der Waals surface area contributed by atoms with Gasteiger partial charge >= 0.3 is 17.9 Å². The molecule has 0 aliphatic heterocycles. The fourth-order valence-electron chi connectivity index (χ4n) is 3.73. The van der Waals surface area contributed by atoms with E-state index in [1.165, 1.54) is 14.2 Å². The van der Waals surface area contributed by atoms with Crippen LogP contribution in [0.25, 0.3) is 5.69 Å². The lowest BCUT2D eigenvalue weighted by molar-refractivity contribution is -0.139. The summed E-state index contributed by atoms with van der Waals surface area (Å²) in [7, 11) is 2.51. The third-order valence-corrected chi connectivity index (χ3v) is 4.77. The van der Waals surface area contributed by atoms with Gasteiger partial charge in [0.05, 0.1) is 38.5 Å². The maximum atomic E-state index is 12.8. The fraction of sp³-hybridized carbons (Fsp3) is 0.409. The molecule has 0 unspecified atom stereocenters. The number of benzene rings is 1. The minimum atomic E-state index is -0.651. The Labute approximate surface area is 170 Å². The molecule has 2 rings (SSSR count). The third kappa shape index (κ3) is 4.18. The van der Waals surface area contributed by atoms with Gasteiger partial charge in [-0.3, -0.25) is 4.79 Å². The molecular formula is C22H27NO6. The Kier molecular flexibility index (Phi) is 6.84. The van der Waals surface area contributed by atoms with Crippen LogP contribution in [0.5, 0.6) is 0 Å². The van der Waals surface area contributed by atoms with Crippen LogP contribution in [0.3, 0.4) is 0 Å². The Bertz CT molecular complexity index is 947. The summed E-state index contributed by atoms with van der Waals surface area (Å²) in [5, 5.41) is 0. The van der Waals surface area contributed by atoms with Crippen molar-refractivity contribution in [1.82, 2.24) is 4.57 Å². The molecule has 0 amide bonds. The van der Waals surface area contributed by atoms with Gasteiger partial charge in [0.25, 0.3) is 0 Å². The van der Waals surface area contributed by atoms with Crippen molar-refractivity contribution in [1.29, 1.82) is 0 Å². The van der Waals surface area contributed by atoms with Crippen LogP contribution in [0, 0.1) is 27.7 Å². The Morgan fingerprint density at radius 2 is 1.52 bits per heavy atom. The summed E-state index contributed by atoms with van der Waals surface area (Å²) < 4.78 is 16.7. The van der Waals surface area contributed by atoms with Gasteiger partial charge in [-0.05, 0) is 45.7 Å². The molecule has 0 spiro atoms. The maximum absolute atomic E-state index is 12.8. The summed E-state index contributed by atoms with van der Waals surface area (Å²) in [5.74, 6) is -1.83. The van der Waals surface area contributed by atoms with Crippen molar-refractivity contribution in [2.24, 2.45) is 0 Å². The van der Waals surface area contributed by atoms with E-state index in [9.17, 15) is 14.4 Å². The van der Waals surface area contributed by atoms with E-state index in [1.807, 2.05) is 32.9 Å². The van der Waals surface area contributed by atoms with E-state index in [0.29, 0.717) is 5.69 Å². The summed E-state index contributed by atoms with van der Waals surface area (Å²) in [5.41, 5.74) is 4.71. The molecule has 7 nitrogen and oxygen atoms in total. The number of aromatic nitrogens is 1. The van der Waals surface area contributed by atoms with E-state index in [-0.39, 0.29) is 29.8 Å². The summed E-state index contributed by atoms with van der Waals surface area (Å²) >= 11 is 0. The third-order valence-electron chi connectivity index (χ3n) is 4.77. The molecule has 0 aliphatic rings. The summed E-state index contributed by atoms with van der Waals surface area (Å²) in [6, 6.07) is 3.99. The summed E-state index contributed by atoms with van der Waals surface area (Å²) in [6.07, 6.45) is -0.257. The lowest BCUT2D eigenvalue weighted by Gasteiger charge is -2.17. The van der Waals surface area contributed by atoms with Crippen LogP contribution in [-0.2, 0) is 25.4 Å². The zero-order valence-electron chi connectivity index (χ0n) is 18.0. The Hall–Kier alpha value is -3.09. The highest BCUT2D eigenvalue weighted by molar-refractivity contribution is 6.01. The van der Waals surface area contributed by atoms with Gasteiger partial charge in [0.2, 0.25) is 0 Å². The number of rotatable bonds is 6. The molecular weight excluding hydrogens is 374 g/mol. The smallest absolute Gasteiger partial charge is 0.355 e. The van der Waals surface area contributed by atoms with Gasteiger partial charge in [-0.15, -0.1) is 0 Å². The zero-order chi connectivity index (χ0) is 21.9. The number of aryl methyl sites for hydroxylation is 3. The first-order valence-corrected chi connectivity index (χ1v) is 9.32. The molecule has 7 heteroatoms. The monoisotopic (exact) mass is 401 g/mol. The van der Waals surface area contributed by atoms with Crippen LogP contribution in [0.1, 0.15) is 55.7 Å². The molecule has 1 aromatic heterocycles. The predicted molar refractivity (Wildman–Crippen MR) is 108 cm³/mol. The van der Waals surface area contributed by atoms with Crippen LogP contribution in [0.2, 0.25) is 0 Å². The quantitative estimate of drug-likeness (QED) is 0.545. The molecule has 0 radical (unpaired) electrons. The van der Waals surface area contributed by atoms with Crippen LogP contribution in [0.15, 0.2) is 12.1 Å². The molecule has 0 aliphatic carbocycles. The Morgan fingerprint density at radius 3 is 2.00 bits per heavy atom. The zero-order valence-corrected chi connectivity index (χ0v) is 18.0. The highest BCUT2D eigenvalue weighted by Crippen LogP contribution is 2.32. The van der Waals surface area contributed by atoms with E-state index >= 15 is 0 Å². The molecule has 0 N–H and O–H groups in total. The standard InChI is InChI=1S/C22H27NO6/c1-8-29-21(25)18-15(5)23(19-13(3)9-12(2)10-14(19)4)20(22(26)28-7)16(18)11-17(24)27-6/h9-10H,8,11H2,1-7H3. The van der Waals surface area contributed by atoms with Gasteiger partial charge in [-0.2, -0.15) is 0 Å². The first kappa shape index (κ1) is 22.2. The van der Waals surface area contributed by atoms with Crippen molar-refractivity contribution in [2.75, 3.05) is 20.8 Å². The van der Waals surface area contributed by atoms with Gasteiger partial charge < -0.3 is 18.8 Å². The second-order valence-corrected chi connectivity index (χ2v) is 6.84. The van der Waals surface area contributed by atoms with Crippen molar-refractivity contribution < 1.29 is 28.6 Å². The Morgan fingerprint density at radius 1 is 0.931 bits per heavy atom. The van der Waals surface area contributed by atoms with Gasteiger partial charge in [0, 0.05) is 11.3 Å². The SMILES string of the molecule is CCOC(=O)c1c(CC(=O)OC)c(C(=O)OC)n(-c2c(C)cc(C)cc2C)c1C. The molecule has 156 valence electrons. The molecule has 0 saturated carbocycles. The number of carbonyl (C=O) groups excluding carboxylic acids is 3. The molecule has 0 saturated heterocycles. The van der Waals surface area contributed by atoms with Crippen LogP contribution < -0.4 is 0 Å². The second-order valence-electron chi connectivity index (χ2n) is 6.84. The van der Waals surface area contributed by atoms with Gasteiger partial charge in [0.1, 0.15) is 5.69 Å². The number of carbonyl (C=O) groups is 3. The van der Waals surface area contributed by atoms with E-state index in [4.69, 9.17) is 14.2 Å². The lowest BCUT2D eigenvalue weighted by Crippen LogP contribution is -2.16. The van der Waals surface area contributed by atoms with E-state index in [0.717, 1.165) is 22.4 Å². The normalized spacial score (nSPS) is 10.6. The average molecular weight is 401 g/mol. The average Bonchev–Trinajstić information content (AvgIpc) is 2.92. The van der Waals surface area contributed by atoms with E-state index < -0.39 is 17.9 Å². The lowest BCUT2D eigenvalue weighted by atomic mass is 10.0. The molecule has 0 fully saturated rings. The highest BCUT2D eigenvalue weighted by atomic mass is 16.5. The topological polar surface area (TPSA) is 83.8 Å². The summed E-state index contributed by atoms with van der Waals surface area (Å²) in [6.45, 7) is 9.43. The minimum absolute atomic E-state index is 0.119. The van der Waals surface area contributed by atoms with E-state index in [2.05, 4.69) is 0 Å². The number of hydrogen-bond acceptors (Lipinski definition) is 6. The fourth-order valence-corrected chi connectivity index (χ4v) is 3.73. The van der Waals surface area contributed by atoms with Crippen molar-refractivity contribution in [2.45, 2.75) is 41.0 Å². The number of hydrogen-bond donors (Lipinski definition) is 0. The van der Waals surface area contributed by atoms with Gasteiger partial charge in [-0.25, -0.2) is 9.59 Å². The molecule has 1 aromatic carbocycles. The van der Waals surface area contributed by atoms with Crippen LogP contribution in [0.4, 0.5) is 0 Å². The molecule has 29 heavy (non-hydrogen) atoms. The first-order valence-electron chi connectivity index (χ1n) is 9.32. The van der Waals surface area contributed by atoms with Crippen molar-refractivity contribution in [3.63, 3.8) is 0 Å².